The van der Waals surface area contributed by atoms with E-state index in [0.717, 1.165) is 45.5 Å². The van der Waals surface area contributed by atoms with Crippen LogP contribution < -0.4 is 20.3 Å². The summed E-state index contributed by atoms with van der Waals surface area (Å²) in [6, 6.07) is 23.1. The van der Waals surface area contributed by atoms with Gasteiger partial charge in [-0.25, -0.2) is 0 Å². The smallest absolute Gasteiger partial charge is 0.226 e. The number of hydrogen-bond donors (Lipinski definition) is 2. The maximum atomic E-state index is 12.3. The largest absolute Gasteiger partial charge is 0.494 e. The second-order valence-corrected chi connectivity index (χ2v) is 10.2. The summed E-state index contributed by atoms with van der Waals surface area (Å²) in [5, 5.41) is 7.05. The summed E-state index contributed by atoms with van der Waals surface area (Å²) in [6.07, 6.45) is 1.78. The SMILES string of the molecule is CCOc1ccc(-c2ccc([C@@H]3[C@@H](c4ccccn4)NC(=S)N3c3ccc(NC(=O)C(C)C)c(C)c3)o2)cc1. The number of aryl methyl sites for hydroxylation is 1. The van der Waals surface area contributed by atoms with E-state index in [9.17, 15) is 4.79 Å². The molecule has 2 atom stereocenters. The molecule has 2 N–H and O–H groups in total. The van der Waals surface area contributed by atoms with E-state index in [1.807, 2.05) is 100 Å². The van der Waals surface area contributed by atoms with E-state index in [1.165, 1.54) is 0 Å². The number of benzene rings is 2. The van der Waals surface area contributed by atoms with Crippen molar-refractivity contribution < 1.29 is 13.9 Å². The average Bonchev–Trinajstić information content (AvgIpc) is 3.55. The number of aromatic nitrogens is 1. The van der Waals surface area contributed by atoms with Crippen molar-refractivity contribution in [3.8, 4) is 17.1 Å². The number of carbonyl (C=O) groups excluding carboxylic acids is 1. The van der Waals surface area contributed by atoms with E-state index in [2.05, 4.69) is 20.5 Å². The molecule has 0 spiro atoms. The highest BCUT2D eigenvalue weighted by atomic mass is 32.1. The Bertz CT molecular complexity index is 1470. The standard InChI is InChI=1S/C31H32N4O3S/c1-5-37-23-12-9-21(10-13-23)26-15-16-27(38-26)29-28(25-8-6-7-17-32-25)34-31(39)35(29)22-11-14-24(20(4)18-22)33-30(36)19(2)3/h6-19,28-29H,5H2,1-4H3,(H,33,36)(H,34,39)/t28-,29-/m1/s1. The van der Waals surface area contributed by atoms with Crippen molar-refractivity contribution in [2.75, 3.05) is 16.8 Å². The van der Waals surface area contributed by atoms with E-state index in [4.69, 9.17) is 21.4 Å². The topological polar surface area (TPSA) is 79.6 Å². The lowest BCUT2D eigenvalue weighted by molar-refractivity contribution is -0.118. The molecular formula is C31H32N4O3S. The van der Waals surface area contributed by atoms with Crippen LogP contribution >= 0.6 is 12.2 Å². The summed E-state index contributed by atoms with van der Waals surface area (Å²) in [5.74, 6) is 2.22. The fourth-order valence-electron chi connectivity index (χ4n) is 4.69. The Morgan fingerprint density at radius 2 is 1.92 bits per heavy atom. The van der Waals surface area contributed by atoms with Crippen LogP contribution in [0.1, 0.15) is 49.9 Å². The summed E-state index contributed by atoms with van der Waals surface area (Å²) in [7, 11) is 0. The van der Waals surface area contributed by atoms with E-state index in [1.54, 1.807) is 6.20 Å². The number of ether oxygens (including phenoxy) is 1. The van der Waals surface area contributed by atoms with E-state index in [0.29, 0.717) is 11.7 Å². The van der Waals surface area contributed by atoms with Gasteiger partial charge in [0.1, 0.15) is 23.3 Å². The maximum Gasteiger partial charge on any atom is 0.226 e. The van der Waals surface area contributed by atoms with Crippen LogP contribution in [0.2, 0.25) is 0 Å². The first-order valence-corrected chi connectivity index (χ1v) is 13.5. The number of nitrogens with zero attached hydrogens (tertiary/aromatic N) is 2. The molecule has 1 aliphatic heterocycles. The molecule has 1 saturated heterocycles. The van der Waals surface area contributed by atoms with Crippen molar-refractivity contribution in [2.24, 2.45) is 5.92 Å². The lowest BCUT2D eigenvalue weighted by Gasteiger charge is -2.27. The second kappa shape index (κ2) is 11.3. The van der Waals surface area contributed by atoms with Crippen molar-refractivity contribution >= 4 is 34.6 Å². The monoisotopic (exact) mass is 540 g/mol. The molecule has 2 aromatic heterocycles. The molecule has 8 heteroatoms. The Balaban J connectivity index is 1.51. The van der Waals surface area contributed by atoms with E-state index in [-0.39, 0.29) is 23.9 Å². The van der Waals surface area contributed by atoms with E-state index >= 15 is 0 Å². The first-order chi connectivity index (χ1) is 18.9. The van der Waals surface area contributed by atoms with Gasteiger partial charge in [0.15, 0.2) is 5.11 Å². The summed E-state index contributed by atoms with van der Waals surface area (Å²) in [6.45, 7) is 8.32. The number of carbonyl (C=O) groups is 1. The van der Waals surface area contributed by atoms with Crippen LogP contribution in [-0.4, -0.2) is 22.6 Å². The van der Waals surface area contributed by atoms with Gasteiger partial charge in [-0.1, -0.05) is 19.9 Å². The van der Waals surface area contributed by atoms with Crippen LogP contribution in [0.15, 0.2) is 83.4 Å². The number of anilines is 2. The van der Waals surface area contributed by atoms with Crippen molar-refractivity contribution in [1.82, 2.24) is 10.3 Å². The highest BCUT2D eigenvalue weighted by Crippen LogP contribution is 2.43. The zero-order valence-electron chi connectivity index (χ0n) is 22.5. The summed E-state index contributed by atoms with van der Waals surface area (Å²) in [4.78, 5) is 19.0. The van der Waals surface area contributed by atoms with Gasteiger partial charge < -0.3 is 24.7 Å². The van der Waals surface area contributed by atoms with Crippen LogP contribution in [0.5, 0.6) is 5.75 Å². The van der Waals surface area contributed by atoms with Crippen LogP contribution in [-0.2, 0) is 4.79 Å². The average molecular weight is 541 g/mol. The molecule has 4 aromatic rings. The van der Waals surface area contributed by atoms with Gasteiger partial charge in [-0.3, -0.25) is 9.78 Å². The Morgan fingerprint density at radius 3 is 2.59 bits per heavy atom. The van der Waals surface area contributed by atoms with Crippen molar-refractivity contribution in [2.45, 2.75) is 39.8 Å². The summed E-state index contributed by atoms with van der Waals surface area (Å²) in [5.41, 5.74) is 4.45. The molecular weight excluding hydrogens is 508 g/mol. The van der Waals surface area contributed by atoms with Gasteiger partial charge >= 0.3 is 0 Å². The van der Waals surface area contributed by atoms with E-state index < -0.39 is 0 Å². The first-order valence-electron chi connectivity index (χ1n) is 13.1. The molecule has 3 heterocycles. The predicted octanol–water partition coefficient (Wildman–Crippen LogP) is 6.82. The van der Waals surface area contributed by atoms with Crippen LogP contribution in [0.25, 0.3) is 11.3 Å². The zero-order valence-corrected chi connectivity index (χ0v) is 23.3. The third-order valence-corrected chi connectivity index (χ3v) is 7.05. The fraction of sp³-hybridized carbons (Fsp3) is 0.258. The Kier molecular flexibility index (Phi) is 7.65. The molecule has 200 valence electrons. The van der Waals surface area contributed by atoms with Crippen molar-refractivity contribution in [3.63, 3.8) is 0 Å². The van der Waals surface area contributed by atoms with Crippen molar-refractivity contribution in [1.29, 1.82) is 0 Å². The lowest BCUT2D eigenvalue weighted by atomic mass is 10.0. The summed E-state index contributed by atoms with van der Waals surface area (Å²) >= 11 is 5.86. The van der Waals surface area contributed by atoms with Gasteiger partial charge in [-0.05, 0) is 98.4 Å². The molecule has 1 aliphatic rings. The van der Waals surface area contributed by atoms with Crippen LogP contribution in [0.4, 0.5) is 11.4 Å². The number of thiocarbonyl (C=S) groups is 1. The molecule has 39 heavy (non-hydrogen) atoms. The fourth-order valence-corrected chi connectivity index (χ4v) is 5.03. The minimum absolute atomic E-state index is 0.0188. The number of hydrogen-bond acceptors (Lipinski definition) is 5. The molecule has 7 nitrogen and oxygen atoms in total. The number of amides is 1. The second-order valence-electron chi connectivity index (χ2n) is 9.80. The van der Waals surface area contributed by atoms with Gasteiger partial charge in [0.2, 0.25) is 5.91 Å². The third kappa shape index (κ3) is 5.52. The predicted molar refractivity (Wildman–Crippen MR) is 158 cm³/mol. The molecule has 0 aliphatic carbocycles. The molecule has 0 bridgehead atoms. The van der Waals surface area contributed by atoms with Gasteiger partial charge in [-0.2, -0.15) is 0 Å². The van der Waals surface area contributed by atoms with Gasteiger partial charge in [0.25, 0.3) is 0 Å². The van der Waals surface area contributed by atoms with Gasteiger partial charge in [0, 0.05) is 29.1 Å². The first kappa shape index (κ1) is 26.4. The van der Waals surface area contributed by atoms with Gasteiger partial charge in [-0.15, -0.1) is 0 Å². The molecule has 1 fully saturated rings. The number of rotatable bonds is 8. The quantitative estimate of drug-likeness (QED) is 0.237. The Labute approximate surface area is 234 Å². The molecule has 2 aromatic carbocycles. The Morgan fingerprint density at radius 1 is 1.13 bits per heavy atom. The molecule has 5 rings (SSSR count). The van der Waals surface area contributed by atoms with Crippen molar-refractivity contribution in [3.05, 3.63) is 96.0 Å². The Hall–Kier alpha value is -4.17. The van der Waals surface area contributed by atoms with Crippen LogP contribution in [0.3, 0.4) is 0 Å². The molecule has 0 radical (unpaired) electrons. The zero-order chi connectivity index (χ0) is 27.5. The molecule has 0 unspecified atom stereocenters. The number of furan rings is 1. The normalized spacial score (nSPS) is 16.8. The molecule has 1 amide bonds. The third-order valence-electron chi connectivity index (χ3n) is 6.74. The minimum Gasteiger partial charge on any atom is -0.494 e. The highest BCUT2D eigenvalue weighted by molar-refractivity contribution is 7.80. The van der Waals surface area contributed by atoms with Crippen LogP contribution in [0, 0.1) is 12.8 Å². The molecule has 0 saturated carbocycles. The minimum atomic E-state index is -0.278. The van der Waals surface area contributed by atoms with Gasteiger partial charge in [0.05, 0.1) is 18.3 Å². The number of nitrogens with one attached hydrogen (secondary N) is 2. The lowest BCUT2D eigenvalue weighted by Crippen LogP contribution is -2.29. The highest BCUT2D eigenvalue weighted by Gasteiger charge is 2.42. The summed E-state index contributed by atoms with van der Waals surface area (Å²) < 4.78 is 12.1. The number of pyridine rings is 1. The maximum absolute atomic E-state index is 12.3.